The largest absolute Gasteiger partial charge is 0.421 e. The first-order valence-corrected chi connectivity index (χ1v) is 10.9. The molecule has 5 nitrogen and oxygen atoms in total. The molecule has 0 spiro atoms. The molecule has 32 heavy (non-hydrogen) atoms. The molecule has 0 bridgehead atoms. The number of halogens is 3. The standard InChI is InChI=1S/C24H27F3N2O3/c1-22(31,24(25,26)27)17-7-5-16(6-8-17)21(30)29(18-9-10-18)19-11-13-23(32,14-12-19)20-4-2-3-15-28-20/h2-8,15,18-19,31-32H,9-14H2,1H3/t19-,22-,23+/m0/s1. The molecule has 1 heterocycles. The Morgan fingerprint density at radius 1 is 1.03 bits per heavy atom. The van der Waals surface area contributed by atoms with Crippen LogP contribution >= 0.6 is 0 Å². The summed E-state index contributed by atoms with van der Waals surface area (Å²) >= 11 is 0. The maximum Gasteiger partial charge on any atom is 0.421 e. The summed E-state index contributed by atoms with van der Waals surface area (Å²) in [6.45, 7) is 0.699. The van der Waals surface area contributed by atoms with Crippen LogP contribution in [-0.4, -0.2) is 44.3 Å². The molecular weight excluding hydrogens is 421 g/mol. The van der Waals surface area contributed by atoms with Crippen LogP contribution in [0.3, 0.4) is 0 Å². The normalized spacial score (nSPS) is 25.8. The molecule has 2 aliphatic rings. The number of aromatic nitrogens is 1. The molecule has 2 aliphatic carbocycles. The molecule has 2 saturated carbocycles. The zero-order valence-corrected chi connectivity index (χ0v) is 17.8. The number of carbonyl (C=O) groups is 1. The second-order valence-corrected chi connectivity index (χ2v) is 9.07. The first kappa shape index (κ1) is 22.7. The molecule has 2 N–H and O–H groups in total. The lowest BCUT2D eigenvalue weighted by atomic mass is 9.79. The van der Waals surface area contributed by atoms with Crippen molar-refractivity contribution in [1.29, 1.82) is 0 Å². The van der Waals surface area contributed by atoms with Crippen molar-refractivity contribution in [3.8, 4) is 0 Å². The average molecular weight is 448 g/mol. The van der Waals surface area contributed by atoms with E-state index in [1.165, 1.54) is 12.1 Å². The Bertz CT molecular complexity index is 949. The summed E-state index contributed by atoms with van der Waals surface area (Å²) in [7, 11) is 0. The number of carbonyl (C=O) groups excluding carboxylic acids is 1. The molecule has 4 rings (SSSR count). The molecule has 0 unspecified atom stereocenters. The van der Waals surface area contributed by atoms with E-state index in [9.17, 15) is 28.2 Å². The van der Waals surface area contributed by atoms with E-state index in [1.807, 2.05) is 17.0 Å². The van der Waals surface area contributed by atoms with Crippen LogP contribution in [-0.2, 0) is 11.2 Å². The first-order valence-electron chi connectivity index (χ1n) is 10.9. The van der Waals surface area contributed by atoms with Crippen LogP contribution in [0.2, 0.25) is 0 Å². The van der Waals surface area contributed by atoms with Crippen molar-refractivity contribution in [2.75, 3.05) is 0 Å². The number of nitrogens with zero attached hydrogens (tertiary/aromatic N) is 2. The van der Waals surface area contributed by atoms with Gasteiger partial charge in [0.15, 0.2) is 5.60 Å². The molecule has 2 fully saturated rings. The van der Waals surface area contributed by atoms with Crippen LogP contribution in [0.4, 0.5) is 13.2 Å². The monoisotopic (exact) mass is 448 g/mol. The van der Waals surface area contributed by atoms with Gasteiger partial charge in [-0.25, -0.2) is 0 Å². The van der Waals surface area contributed by atoms with Gasteiger partial charge in [-0.05, 0) is 75.3 Å². The third-order valence-corrected chi connectivity index (χ3v) is 6.74. The van der Waals surface area contributed by atoms with Crippen LogP contribution in [0.1, 0.15) is 67.1 Å². The number of alkyl halides is 3. The van der Waals surface area contributed by atoms with Gasteiger partial charge in [0.1, 0.15) is 5.60 Å². The van der Waals surface area contributed by atoms with Gasteiger partial charge in [0, 0.05) is 23.8 Å². The molecule has 1 amide bonds. The minimum atomic E-state index is -4.81. The molecule has 1 atom stereocenters. The maximum atomic E-state index is 13.3. The molecule has 2 aromatic rings. The van der Waals surface area contributed by atoms with E-state index >= 15 is 0 Å². The average Bonchev–Trinajstić information content (AvgIpc) is 3.60. The van der Waals surface area contributed by atoms with Crippen LogP contribution in [0.5, 0.6) is 0 Å². The fourth-order valence-corrected chi connectivity index (χ4v) is 4.49. The van der Waals surface area contributed by atoms with Gasteiger partial charge in [0.25, 0.3) is 5.91 Å². The Morgan fingerprint density at radius 2 is 1.62 bits per heavy atom. The Hall–Kier alpha value is -2.45. The van der Waals surface area contributed by atoms with Gasteiger partial charge in [-0.2, -0.15) is 13.2 Å². The highest BCUT2D eigenvalue weighted by molar-refractivity contribution is 5.95. The van der Waals surface area contributed by atoms with E-state index < -0.39 is 17.4 Å². The lowest BCUT2D eigenvalue weighted by Crippen LogP contribution is -2.46. The highest BCUT2D eigenvalue weighted by Gasteiger charge is 2.51. The number of pyridine rings is 1. The highest BCUT2D eigenvalue weighted by Crippen LogP contribution is 2.42. The highest BCUT2D eigenvalue weighted by atomic mass is 19.4. The quantitative estimate of drug-likeness (QED) is 0.716. The Balaban J connectivity index is 1.49. The van der Waals surface area contributed by atoms with Gasteiger partial charge < -0.3 is 15.1 Å². The van der Waals surface area contributed by atoms with Gasteiger partial charge in [-0.3, -0.25) is 9.78 Å². The second kappa shape index (κ2) is 8.15. The summed E-state index contributed by atoms with van der Waals surface area (Å²) in [6, 6.07) is 10.5. The number of benzene rings is 1. The van der Waals surface area contributed by atoms with Crippen LogP contribution in [0.15, 0.2) is 48.7 Å². The SMILES string of the molecule is C[C@](O)(c1ccc(C(=O)N(C2CC2)[C@H]2CC[C@](O)(c3ccccn3)CC2)cc1)C(F)(F)F. The van der Waals surface area contributed by atoms with Gasteiger partial charge in [0.05, 0.1) is 5.69 Å². The fraction of sp³-hybridized carbons (Fsp3) is 0.500. The molecule has 172 valence electrons. The number of rotatable bonds is 5. The maximum absolute atomic E-state index is 13.3. The van der Waals surface area contributed by atoms with E-state index in [1.54, 1.807) is 12.3 Å². The van der Waals surface area contributed by atoms with Gasteiger partial charge in [-0.15, -0.1) is 0 Å². The third kappa shape index (κ3) is 4.26. The molecule has 1 aromatic carbocycles. The predicted octanol–water partition coefficient (Wildman–Crippen LogP) is 4.29. The molecule has 0 saturated heterocycles. The second-order valence-electron chi connectivity index (χ2n) is 9.07. The van der Waals surface area contributed by atoms with Crippen LogP contribution < -0.4 is 0 Å². The minimum absolute atomic E-state index is 0.0445. The van der Waals surface area contributed by atoms with Crippen molar-refractivity contribution >= 4 is 5.91 Å². The van der Waals surface area contributed by atoms with Crippen molar-refractivity contribution in [3.05, 3.63) is 65.5 Å². The molecule has 0 aliphatic heterocycles. The molecule has 0 radical (unpaired) electrons. The number of hydrogen-bond acceptors (Lipinski definition) is 4. The zero-order valence-electron chi connectivity index (χ0n) is 17.8. The summed E-state index contributed by atoms with van der Waals surface area (Å²) in [5.74, 6) is -0.223. The van der Waals surface area contributed by atoms with Crippen LogP contribution in [0, 0.1) is 0 Å². The Labute approximate surface area is 184 Å². The summed E-state index contributed by atoms with van der Waals surface area (Å²) in [5.41, 5.74) is -3.37. The van der Waals surface area contributed by atoms with E-state index in [4.69, 9.17) is 0 Å². The van der Waals surface area contributed by atoms with E-state index in [0.29, 0.717) is 43.9 Å². The summed E-state index contributed by atoms with van der Waals surface area (Å²) in [5, 5.41) is 20.9. The Morgan fingerprint density at radius 3 is 2.12 bits per heavy atom. The predicted molar refractivity (Wildman–Crippen MR) is 112 cm³/mol. The zero-order chi connectivity index (χ0) is 23.1. The summed E-state index contributed by atoms with van der Waals surface area (Å²) in [6.07, 6.45) is 0.842. The van der Waals surface area contributed by atoms with E-state index in [0.717, 1.165) is 25.0 Å². The summed E-state index contributed by atoms with van der Waals surface area (Å²) < 4.78 is 39.3. The van der Waals surface area contributed by atoms with Crippen molar-refractivity contribution in [2.45, 2.75) is 74.9 Å². The van der Waals surface area contributed by atoms with Crippen molar-refractivity contribution in [1.82, 2.24) is 9.88 Å². The van der Waals surface area contributed by atoms with E-state index in [2.05, 4.69) is 4.98 Å². The lowest BCUT2D eigenvalue weighted by Gasteiger charge is -2.41. The molecule has 8 heteroatoms. The number of amides is 1. The Kier molecular flexibility index (Phi) is 5.79. The third-order valence-electron chi connectivity index (χ3n) is 6.74. The van der Waals surface area contributed by atoms with Crippen molar-refractivity contribution in [2.24, 2.45) is 0 Å². The van der Waals surface area contributed by atoms with E-state index in [-0.39, 0.29) is 23.6 Å². The van der Waals surface area contributed by atoms with Gasteiger partial charge in [0.2, 0.25) is 0 Å². The summed E-state index contributed by atoms with van der Waals surface area (Å²) in [4.78, 5) is 19.4. The lowest BCUT2D eigenvalue weighted by molar-refractivity contribution is -0.258. The molecular formula is C24H27F3N2O3. The van der Waals surface area contributed by atoms with Crippen molar-refractivity contribution in [3.63, 3.8) is 0 Å². The number of aliphatic hydroxyl groups is 2. The topological polar surface area (TPSA) is 73.7 Å². The van der Waals surface area contributed by atoms with Gasteiger partial charge in [-0.1, -0.05) is 18.2 Å². The van der Waals surface area contributed by atoms with Crippen molar-refractivity contribution < 1.29 is 28.2 Å². The molecule has 1 aromatic heterocycles. The minimum Gasteiger partial charge on any atom is -0.384 e. The first-order chi connectivity index (χ1) is 15.0. The fourth-order valence-electron chi connectivity index (χ4n) is 4.49. The smallest absolute Gasteiger partial charge is 0.384 e. The van der Waals surface area contributed by atoms with Crippen LogP contribution in [0.25, 0.3) is 0 Å². The number of hydrogen-bond donors (Lipinski definition) is 2. The van der Waals surface area contributed by atoms with Gasteiger partial charge >= 0.3 is 6.18 Å².